The molecule has 1 aromatic carbocycles. The molecule has 0 bridgehead atoms. The number of sulfone groups is 1. The number of aryl methyl sites for hydroxylation is 2. The van der Waals surface area contributed by atoms with Crippen molar-refractivity contribution in [3.05, 3.63) is 53.1 Å². The maximum absolute atomic E-state index is 13.6. The Bertz CT molecular complexity index is 909. The number of halogens is 1. The van der Waals surface area contributed by atoms with E-state index in [1.54, 1.807) is 4.68 Å². The van der Waals surface area contributed by atoms with Gasteiger partial charge in [0.2, 0.25) is 0 Å². The van der Waals surface area contributed by atoms with E-state index in [9.17, 15) is 12.8 Å². The Balaban J connectivity index is 1.98. The largest absolute Gasteiger partial charge is 0.357 e. The van der Waals surface area contributed by atoms with Crippen molar-refractivity contribution in [2.45, 2.75) is 32.1 Å². The lowest BCUT2D eigenvalue weighted by molar-refractivity contribution is 0.600. The van der Waals surface area contributed by atoms with Gasteiger partial charge in [0.25, 0.3) is 0 Å². The SMILES string of the molecule is CCNC(=NCc1cc(F)ccc1CS(C)(=O)=O)NCCCc1cnn(C)c1. The summed E-state index contributed by atoms with van der Waals surface area (Å²) < 4.78 is 38.6. The average molecular weight is 410 g/mol. The number of nitrogens with one attached hydrogen (secondary N) is 2. The van der Waals surface area contributed by atoms with Crippen LogP contribution < -0.4 is 10.6 Å². The summed E-state index contributed by atoms with van der Waals surface area (Å²) in [6.45, 7) is 3.57. The van der Waals surface area contributed by atoms with Crippen LogP contribution in [-0.4, -0.2) is 43.5 Å². The first-order valence-electron chi connectivity index (χ1n) is 9.21. The highest BCUT2D eigenvalue weighted by molar-refractivity contribution is 7.89. The zero-order chi connectivity index (χ0) is 20.6. The van der Waals surface area contributed by atoms with E-state index in [0.29, 0.717) is 23.6 Å². The molecular weight excluding hydrogens is 381 g/mol. The standard InChI is InChI=1S/C19H28FN5O2S/c1-4-21-19(22-9-5-6-15-11-24-25(2)13-15)23-12-17-10-18(20)8-7-16(17)14-28(3,26)27/h7-8,10-11,13H,4-6,9,12,14H2,1-3H3,(H2,21,22,23). The second-order valence-corrected chi connectivity index (χ2v) is 8.87. The highest BCUT2D eigenvalue weighted by Gasteiger charge is 2.11. The Morgan fingerprint density at radius 1 is 1.29 bits per heavy atom. The molecule has 1 heterocycles. The molecule has 2 N–H and O–H groups in total. The summed E-state index contributed by atoms with van der Waals surface area (Å²) in [5.41, 5.74) is 2.31. The van der Waals surface area contributed by atoms with Gasteiger partial charge in [-0.3, -0.25) is 4.68 Å². The van der Waals surface area contributed by atoms with Gasteiger partial charge in [0.05, 0.1) is 18.5 Å². The Labute approximate surface area is 166 Å². The van der Waals surface area contributed by atoms with Crippen LogP contribution in [0, 0.1) is 5.82 Å². The van der Waals surface area contributed by atoms with Crippen LogP contribution >= 0.6 is 0 Å². The Morgan fingerprint density at radius 3 is 2.71 bits per heavy atom. The molecule has 0 aliphatic carbocycles. The number of hydrogen-bond donors (Lipinski definition) is 2. The first-order valence-corrected chi connectivity index (χ1v) is 11.3. The second-order valence-electron chi connectivity index (χ2n) is 6.73. The van der Waals surface area contributed by atoms with Gasteiger partial charge < -0.3 is 10.6 Å². The monoisotopic (exact) mass is 409 g/mol. The normalized spacial score (nSPS) is 12.2. The molecular formula is C19H28FN5O2S. The lowest BCUT2D eigenvalue weighted by atomic mass is 10.1. The van der Waals surface area contributed by atoms with Gasteiger partial charge in [0, 0.05) is 32.6 Å². The molecule has 7 nitrogen and oxygen atoms in total. The second kappa shape index (κ2) is 10.2. The molecule has 9 heteroatoms. The van der Waals surface area contributed by atoms with E-state index in [-0.39, 0.29) is 12.3 Å². The maximum Gasteiger partial charge on any atom is 0.191 e. The number of nitrogens with zero attached hydrogens (tertiary/aromatic N) is 3. The fraction of sp³-hybridized carbons (Fsp3) is 0.474. The minimum Gasteiger partial charge on any atom is -0.357 e. The van der Waals surface area contributed by atoms with Crippen LogP contribution in [0.4, 0.5) is 4.39 Å². The molecule has 0 saturated carbocycles. The molecule has 0 unspecified atom stereocenters. The highest BCUT2D eigenvalue weighted by atomic mass is 32.2. The third-order valence-corrected chi connectivity index (χ3v) is 4.87. The van der Waals surface area contributed by atoms with Gasteiger partial charge in [-0.05, 0) is 48.6 Å². The Morgan fingerprint density at radius 2 is 2.07 bits per heavy atom. The molecule has 0 aliphatic heterocycles. The lowest BCUT2D eigenvalue weighted by Gasteiger charge is -2.12. The van der Waals surface area contributed by atoms with Gasteiger partial charge >= 0.3 is 0 Å². The summed E-state index contributed by atoms with van der Waals surface area (Å²) >= 11 is 0. The minimum atomic E-state index is -3.21. The van der Waals surface area contributed by atoms with Crippen LogP contribution in [0.5, 0.6) is 0 Å². The van der Waals surface area contributed by atoms with Crippen molar-refractivity contribution < 1.29 is 12.8 Å². The Hall–Kier alpha value is -2.42. The van der Waals surface area contributed by atoms with Crippen LogP contribution in [0.3, 0.4) is 0 Å². The lowest BCUT2D eigenvalue weighted by Crippen LogP contribution is -2.37. The van der Waals surface area contributed by atoms with Crippen molar-refractivity contribution in [1.29, 1.82) is 0 Å². The van der Waals surface area contributed by atoms with Crippen molar-refractivity contribution in [3.63, 3.8) is 0 Å². The summed E-state index contributed by atoms with van der Waals surface area (Å²) in [4.78, 5) is 4.48. The predicted molar refractivity (Wildman–Crippen MR) is 109 cm³/mol. The van der Waals surface area contributed by atoms with E-state index in [2.05, 4.69) is 20.7 Å². The molecule has 154 valence electrons. The zero-order valence-electron chi connectivity index (χ0n) is 16.6. The van der Waals surface area contributed by atoms with Crippen LogP contribution in [0.1, 0.15) is 30.0 Å². The zero-order valence-corrected chi connectivity index (χ0v) is 17.4. The molecule has 0 aliphatic rings. The Kier molecular flexibility index (Phi) is 7.98. The summed E-state index contributed by atoms with van der Waals surface area (Å²) in [6, 6.07) is 4.13. The predicted octanol–water partition coefficient (Wildman–Crippen LogP) is 1.79. The van der Waals surface area contributed by atoms with Gasteiger partial charge in [-0.1, -0.05) is 6.07 Å². The van der Waals surface area contributed by atoms with Crippen molar-refractivity contribution in [2.24, 2.45) is 12.0 Å². The minimum absolute atomic E-state index is 0.132. The van der Waals surface area contributed by atoms with Gasteiger partial charge in [-0.25, -0.2) is 17.8 Å². The van der Waals surface area contributed by atoms with Crippen molar-refractivity contribution in [3.8, 4) is 0 Å². The van der Waals surface area contributed by atoms with Gasteiger partial charge in [-0.2, -0.15) is 5.10 Å². The topological polar surface area (TPSA) is 88.4 Å². The molecule has 0 saturated heterocycles. The number of benzene rings is 1. The number of guanidine groups is 1. The molecule has 0 spiro atoms. The van der Waals surface area contributed by atoms with Gasteiger partial charge in [0.15, 0.2) is 15.8 Å². The molecule has 0 radical (unpaired) electrons. The van der Waals surface area contributed by atoms with Crippen LogP contribution in [0.15, 0.2) is 35.6 Å². The number of aromatic nitrogens is 2. The van der Waals surface area contributed by atoms with E-state index < -0.39 is 15.7 Å². The molecule has 28 heavy (non-hydrogen) atoms. The van der Waals surface area contributed by atoms with E-state index in [4.69, 9.17) is 0 Å². The number of rotatable bonds is 9. The molecule has 2 rings (SSSR count). The highest BCUT2D eigenvalue weighted by Crippen LogP contribution is 2.15. The molecule has 0 fully saturated rings. The van der Waals surface area contributed by atoms with Crippen molar-refractivity contribution in [2.75, 3.05) is 19.3 Å². The third kappa shape index (κ3) is 7.67. The van der Waals surface area contributed by atoms with Crippen LogP contribution in [-0.2, 0) is 35.6 Å². The van der Waals surface area contributed by atoms with Crippen molar-refractivity contribution >= 4 is 15.8 Å². The quantitative estimate of drug-likeness (QED) is 0.375. The maximum atomic E-state index is 13.6. The molecule has 1 aromatic heterocycles. The molecule has 0 amide bonds. The van der Waals surface area contributed by atoms with E-state index in [1.807, 2.05) is 26.4 Å². The van der Waals surface area contributed by atoms with E-state index in [0.717, 1.165) is 25.6 Å². The number of hydrogen-bond acceptors (Lipinski definition) is 4. The van der Waals surface area contributed by atoms with Crippen LogP contribution in [0.25, 0.3) is 0 Å². The first-order chi connectivity index (χ1) is 13.3. The first kappa shape index (κ1) is 21.9. The fourth-order valence-electron chi connectivity index (χ4n) is 2.77. The average Bonchev–Trinajstić information content (AvgIpc) is 3.02. The summed E-state index contributed by atoms with van der Waals surface area (Å²) in [6.07, 6.45) is 6.83. The smallest absolute Gasteiger partial charge is 0.191 e. The summed E-state index contributed by atoms with van der Waals surface area (Å²) in [5, 5.41) is 10.5. The van der Waals surface area contributed by atoms with Crippen LogP contribution in [0.2, 0.25) is 0 Å². The summed E-state index contributed by atoms with van der Waals surface area (Å²) in [5.74, 6) is 0.0767. The molecule has 0 atom stereocenters. The van der Waals surface area contributed by atoms with Gasteiger partial charge in [0.1, 0.15) is 5.82 Å². The van der Waals surface area contributed by atoms with E-state index in [1.165, 1.54) is 23.8 Å². The van der Waals surface area contributed by atoms with Crippen molar-refractivity contribution in [1.82, 2.24) is 20.4 Å². The van der Waals surface area contributed by atoms with Gasteiger partial charge in [-0.15, -0.1) is 0 Å². The number of aliphatic imine (C=N–C) groups is 1. The molecule has 2 aromatic rings. The summed E-state index contributed by atoms with van der Waals surface area (Å²) in [7, 11) is -1.32. The van der Waals surface area contributed by atoms with E-state index >= 15 is 0 Å². The third-order valence-electron chi connectivity index (χ3n) is 4.03. The fourth-order valence-corrected chi connectivity index (χ4v) is 3.62.